The number of nitrogens with one attached hydrogen (secondary N) is 1. The van der Waals surface area contributed by atoms with Crippen molar-refractivity contribution in [3.8, 4) is 0 Å². The van der Waals surface area contributed by atoms with Gasteiger partial charge >= 0.3 is 0 Å². The van der Waals surface area contributed by atoms with Crippen molar-refractivity contribution in [1.82, 2.24) is 5.32 Å². The summed E-state index contributed by atoms with van der Waals surface area (Å²) in [6, 6.07) is 15.3. The lowest BCUT2D eigenvalue weighted by Crippen LogP contribution is -2.24. The van der Waals surface area contributed by atoms with Crippen LogP contribution in [0.3, 0.4) is 0 Å². The van der Waals surface area contributed by atoms with Gasteiger partial charge in [-0.05, 0) is 54.3 Å². The van der Waals surface area contributed by atoms with Crippen LogP contribution in [0.15, 0.2) is 54.6 Å². The Morgan fingerprint density at radius 1 is 0.833 bits per heavy atom. The SMILES string of the molecule is O=C(/C=C/c1ccc(N2CCCC2=O)cc1)NCc1ccc(N2CCCC2=O)cc1. The fourth-order valence-corrected chi connectivity index (χ4v) is 3.82. The van der Waals surface area contributed by atoms with Gasteiger partial charge in [0, 0.05) is 49.9 Å². The molecule has 2 aromatic rings. The molecule has 0 aliphatic carbocycles. The minimum absolute atomic E-state index is 0.165. The van der Waals surface area contributed by atoms with E-state index in [1.807, 2.05) is 48.5 Å². The van der Waals surface area contributed by atoms with Crippen LogP contribution in [-0.4, -0.2) is 30.8 Å². The van der Waals surface area contributed by atoms with E-state index >= 15 is 0 Å². The Morgan fingerprint density at radius 3 is 1.87 bits per heavy atom. The lowest BCUT2D eigenvalue weighted by molar-refractivity contribution is -0.117. The van der Waals surface area contributed by atoms with Crippen molar-refractivity contribution in [3.05, 3.63) is 65.7 Å². The van der Waals surface area contributed by atoms with Crippen LogP contribution in [0.2, 0.25) is 0 Å². The van der Waals surface area contributed by atoms with Gasteiger partial charge in [0.25, 0.3) is 0 Å². The number of amides is 3. The average molecular weight is 403 g/mol. The van der Waals surface area contributed by atoms with E-state index in [-0.39, 0.29) is 17.7 Å². The van der Waals surface area contributed by atoms with Gasteiger partial charge in [-0.1, -0.05) is 24.3 Å². The smallest absolute Gasteiger partial charge is 0.244 e. The molecule has 2 saturated heterocycles. The maximum absolute atomic E-state index is 12.1. The van der Waals surface area contributed by atoms with Gasteiger partial charge in [0.05, 0.1) is 0 Å². The lowest BCUT2D eigenvalue weighted by Gasteiger charge is -2.16. The Morgan fingerprint density at radius 2 is 1.37 bits per heavy atom. The third-order valence-electron chi connectivity index (χ3n) is 5.49. The van der Waals surface area contributed by atoms with E-state index in [1.165, 1.54) is 6.08 Å². The first-order valence-corrected chi connectivity index (χ1v) is 10.4. The van der Waals surface area contributed by atoms with E-state index in [9.17, 15) is 14.4 Å². The number of nitrogens with zero attached hydrogens (tertiary/aromatic N) is 2. The summed E-state index contributed by atoms with van der Waals surface area (Å²) >= 11 is 0. The molecule has 2 fully saturated rings. The molecular formula is C24H25N3O3. The molecule has 0 aromatic heterocycles. The van der Waals surface area contributed by atoms with Crippen molar-refractivity contribution in [2.75, 3.05) is 22.9 Å². The van der Waals surface area contributed by atoms with E-state index in [2.05, 4.69) is 5.32 Å². The summed E-state index contributed by atoms with van der Waals surface area (Å²) in [5.41, 5.74) is 3.69. The van der Waals surface area contributed by atoms with Crippen LogP contribution in [0.25, 0.3) is 6.08 Å². The van der Waals surface area contributed by atoms with Gasteiger partial charge in [0.2, 0.25) is 17.7 Å². The van der Waals surface area contributed by atoms with Gasteiger partial charge < -0.3 is 15.1 Å². The van der Waals surface area contributed by atoms with Crippen LogP contribution in [0.1, 0.15) is 36.8 Å². The first-order valence-electron chi connectivity index (χ1n) is 10.4. The van der Waals surface area contributed by atoms with Crippen LogP contribution >= 0.6 is 0 Å². The molecule has 2 aliphatic rings. The molecule has 6 nitrogen and oxygen atoms in total. The van der Waals surface area contributed by atoms with Gasteiger partial charge in [0.15, 0.2) is 0 Å². The highest BCUT2D eigenvalue weighted by Crippen LogP contribution is 2.22. The molecular weight excluding hydrogens is 378 g/mol. The molecule has 2 heterocycles. The van der Waals surface area contributed by atoms with E-state index in [1.54, 1.807) is 15.9 Å². The van der Waals surface area contributed by atoms with Crippen molar-refractivity contribution in [2.24, 2.45) is 0 Å². The number of carbonyl (C=O) groups is 3. The molecule has 2 aromatic carbocycles. The Hall–Kier alpha value is -3.41. The predicted octanol–water partition coefficient (Wildman–Crippen LogP) is 3.27. The Balaban J connectivity index is 1.27. The molecule has 2 aliphatic heterocycles. The quantitative estimate of drug-likeness (QED) is 0.753. The summed E-state index contributed by atoms with van der Waals surface area (Å²) in [7, 11) is 0. The first kappa shape index (κ1) is 19.9. The number of carbonyl (C=O) groups excluding carboxylic acids is 3. The van der Waals surface area contributed by atoms with Gasteiger partial charge in [-0.3, -0.25) is 14.4 Å². The van der Waals surface area contributed by atoms with Crippen molar-refractivity contribution < 1.29 is 14.4 Å². The summed E-state index contributed by atoms with van der Waals surface area (Å²) in [6.07, 6.45) is 6.30. The highest BCUT2D eigenvalue weighted by molar-refractivity contribution is 5.96. The maximum Gasteiger partial charge on any atom is 0.244 e. The maximum atomic E-state index is 12.1. The minimum Gasteiger partial charge on any atom is -0.348 e. The molecule has 30 heavy (non-hydrogen) atoms. The van der Waals surface area contributed by atoms with Gasteiger partial charge in [-0.25, -0.2) is 0 Å². The molecule has 0 unspecified atom stereocenters. The minimum atomic E-state index is -0.174. The third kappa shape index (κ3) is 4.59. The summed E-state index contributed by atoms with van der Waals surface area (Å²) in [5.74, 6) is 0.159. The molecule has 4 rings (SSSR count). The summed E-state index contributed by atoms with van der Waals surface area (Å²) in [6.45, 7) is 1.97. The molecule has 0 radical (unpaired) electrons. The Kier molecular flexibility index (Phi) is 5.93. The van der Waals surface area contributed by atoms with E-state index in [4.69, 9.17) is 0 Å². The van der Waals surface area contributed by atoms with Gasteiger partial charge in [-0.15, -0.1) is 0 Å². The van der Waals surface area contributed by atoms with Crippen LogP contribution in [0.5, 0.6) is 0 Å². The molecule has 3 amide bonds. The Labute approximate surface area is 176 Å². The standard InChI is InChI=1S/C24H25N3O3/c28-22(14-9-18-5-10-20(11-6-18)26-15-1-3-23(26)29)25-17-19-7-12-21(13-8-19)27-16-2-4-24(27)30/h5-14H,1-4,15-17H2,(H,25,28)/b14-9+. The number of hydrogen-bond donors (Lipinski definition) is 1. The van der Waals surface area contributed by atoms with Crippen molar-refractivity contribution in [2.45, 2.75) is 32.2 Å². The fourth-order valence-electron chi connectivity index (χ4n) is 3.82. The molecule has 0 saturated carbocycles. The van der Waals surface area contributed by atoms with Crippen LogP contribution in [0.4, 0.5) is 11.4 Å². The third-order valence-corrected chi connectivity index (χ3v) is 5.49. The zero-order valence-corrected chi connectivity index (χ0v) is 16.8. The second-order valence-corrected chi connectivity index (χ2v) is 7.61. The number of rotatable bonds is 6. The van der Waals surface area contributed by atoms with E-state index in [0.29, 0.717) is 19.4 Å². The average Bonchev–Trinajstić information content (AvgIpc) is 3.39. The highest BCUT2D eigenvalue weighted by atomic mass is 16.2. The van der Waals surface area contributed by atoms with Crippen molar-refractivity contribution in [1.29, 1.82) is 0 Å². The van der Waals surface area contributed by atoms with Crippen LogP contribution < -0.4 is 15.1 Å². The molecule has 1 N–H and O–H groups in total. The molecule has 0 bridgehead atoms. The second kappa shape index (κ2) is 8.95. The molecule has 0 spiro atoms. The van der Waals surface area contributed by atoms with Gasteiger partial charge in [-0.2, -0.15) is 0 Å². The van der Waals surface area contributed by atoms with Crippen LogP contribution in [-0.2, 0) is 20.9 Å². The number of hydrogen-bond acceptors (Lipinski definition) is 3. The van der Waals surface area contributed by atoms with Crippen LogP contribution in [0, 0.1) is 0 Å². The second-order valence-electron chi connectivity index (χ2n) is 7.61. The van der Waals surface area contributed by atoms with Crippen molar-refractivity contribution in [3.63, 3.8) is 0 Å². The molecule has 154 valence electrons. The number of benzene rings is 2. The lowest BCUT2D eigenvalue weighted by atomic mass is 10.1. The summed E-state index contributed by atoms with van der Waals surface area (Å²) < 4.78 is 0. The summed E-state index contributed by atoms with van der Waals surface area (Å²) in [5, 5.41) is 2.87. The normalized spacial score (nSPS) is 16.7. The summed E-state index contributed by atoms with van der Waals surface area (Å²) in [4.78, 5) is 39.3. The Bertz CT molecular complexity index is 964. The molecule has 6 heteroatoms. The predicted molar refractivity (Wildman–Crippen MR) is 117 cm³/mol. The monoisotopic (exact) mass is 403 g/mol. The van der Waals surface area contributed by atoms with Gasteiger partial charge in [0.1, 0.15) is 0 Å². The van der Waals surface area contributed by atoms with Crippen molar-refractivity contribution >= 4 is 35.2 Å². The zero-order valence-electron chi connectivity index (χ0n) is 16.8. The first-order chi connectivity index (χ1) is 14.6. The molecule has 0 atom stereocenters. The topological polar surface area (TPSA) is 69.7 Å². The number of anilines is 2. The zero-order chi connectivity index (χ0) is 20.9. The largest absolute Gasteiger partial charge is 0.348 e. The fraction of sp³-hybridized carbons (Fsp3) is 0.292. The van der Waals surface area contributed by atoms with E-state index < -0.39 is 0 Å². The van der Waals surface area contributed by atoms with E-state index in [0.717, 1.165) is 48.4 Å². The highest BCUT2D eigenvalue weighted by Gasteiger charge is 2.22.